The van der Waals surface area contributed by atoms with E-state index in [1.165, 1.54) is 0 Å². The topological polar surface area (TPSA) is 44.4 Å². The molecule has 3 rings (SSSR count). The Kier molecular flexibility index (Phi) is 6.62. The fourth-order valence-electron chi connectivity index (χ4n) is 3.92. The lowest BCUT2D eigenvalue weighted by Crippen LogP contribution is -2.36. The maximum Gasteiger partial charge on any atom is 0.318 e. The summed E-state index contributed by atoms with van der Waals surface area (Å²) in [5, 5.41) is 5.47. The molecule has 1 atom stereocenters. The molecule has 0 saturated carbocycles. The van der Waals surface area contributed by atoms with Gasteiger partial charge in [0.1, 0.15) is 0 Å². The van der Waals surface area contributed by atoms with Gasteiger partial charge in [-0.2, -0.15) is 0 Å². The minimum absolute atomic E-state index is 0.245. The van der Waals surface area contributed by atoms with E-state index in [0.717, 1.165) is 48.8 Å². The molecule has 0 spiro atoms. The molecule has 1 unspecified atom stereocenters. The lowest BCUT2D eigenvalue weighted by atomic mass is 9.90. The fourth-order valence-corrected chi connectivity index (χ4v) is 3.92. The lowest BCUT2D eigenvalue weighted by molar-refractivity contribution is 0.166. The molecule has 1 heterocycles. The van der Waals surface area contributed by atoms with Crippen LogP contribution in [0.15, 0.2) is 36.4 Å². The zero-order valence-corrected chi connectivity index (χ0v) is 16.4. The van der Waals surface area contributed by atoms with Crippen LogP contribution in [0, 0.1) is 24.5 Å². The molecule has 2 N–H and O–H groups in total. The number of anilines is 1. The van der Waals surface area contributed by atoms with Crippen LogP contribution >= 0.6 is 0 Å². The Morgan fingerprint density at radius 2 is 2.00 bits per heavy atom. The number of carbonyl (C=O) groups is 1. The van der Waals surface area contributed by atoms with Crippen molar-refractivity contribution in [3.63, 3.8) is 0 Å². The van der Waals surface area contributed by atoms with Gasteiger partial charge in [-0.3, -0.25) is 4.90 Å². The van der Waals surface area contributed by atoms with E-state index in [9.17, 15) is 13.6 Å². The van der Waals surface area contributed by atoms with Crippen molar-refractivity contribution >= 4 is 11.7 Å². The lowest BCUT2D eigenvalue weighted by Gasteiger charge is -2.33. The molecule has 1 fully saturated rings. The third-order valence-corrected chi connectivity index (χ3v) is 5.41. The third kappa shape index (κ3) is 4.87. The average Bonchev–Trinajstić information content (AvgIpc) is 2.68. The number of piperidine rings is 1. The van der Waals surface area contributed by atoms with Crippen molar-refractivity contribution in [2.45, 2.75) is 32.7 Å². The summed E-state index contributed by atoms with van der Waals surface area (Å²) in [6, 6.07) is 10.0. The first kappa shape index (κ1) is 20.3. The molecule has 2 aromatic rings. The van der Waals surface area contributed by atoms with Gasteiger partial charge in [0, 0.05) is 25.8 Å². The second-order valence-electron chi connectivity index (χ2n) is 7.47. The third-order valence-electron chi connectivity index (χ3n) is 5.41. The summed E-state index contributed by atoms with van der Waals surface area (Å²) in [5.41, 5.74) is 3.46. The van der Waals surface area contributed by atoms with Gasteiger partial charge in [0.25, 0.3) is 0 Å². The molecule has 28 heavy (non-hydrogen) atoms. The molecule has 0 aromatic heterocycles. The van der Waals surface area contributed by atoms with E-state index < -0.39 is 11.6 Å². The van der Waals surface area contributed by atoms with Crippen LogP contribution in [0.5, 0.6) is 0 Å². The molecule has 1 aliphatic rings. The van der Waals surface area contributed by atoms with E-state index in [0.29, 0.717) is 18.5 Å². The summed E-state index contributed by atoms with van der Waals surface area (Å²) in [6.45, 7) is 4.53. The molecular weight excluding hydrogens is 360 g/mol. The maximum absolute atomic E-state index is 14.0. The highest BCUT2D eigenvalue weighted by molar-refractivity contribution is 5.90. The first-order valence-electron chi connectivity index (χ1n) is 9.70. The summed E-state index contributed by atoms with van der Waals surface area (Å²) >= 11 is 0. The second-order valence-corrected chi connectivity index (χ2v) is 7.47. The molecule has 2 amide bonds. The number of hydrogen-bond donors (Lipinski definition) is 2. The van der Waals surface area contributed by atoms with Crippen molar-refractivity contribution in [2.24, 2.45) is 5.92 Å². The minimum atomic E-state index is -0.782. The summed E-state index contributed by atoms with van der Waals surface area (Å²) < 4.78 is 27.5. The number of benzene rings is 2. The Bertz CT molecular complexity index is 841. The number of amides is 2. The Morgan fingerprint density at radius 1 is 1.21 bits per heavy atom. The highest BCUT2D eigenvalue weighted by atomic mass is 19.2. The smallest absolute Gasteiger partial charge is 0.318 e. The minimum Gasteiger partial charge on any atom is -0.341 e. The van der Waals surface area contributed by atoms with Crippen LogP contribution in [0.1, 0.15) is 29.5 Å². The molecule has 150 valence electrons. The van der Waals surface area contributed by atoms with Gasteiger partial charge in [0.05, 0.1) is 0 Å². The summed E-state index contributed by atoms with van der Waals surface area (Å²) in [4.78, 5) is 14.1. The Balaban J connectivity index is 1.70. The van der Waals surface area contributed by atoms with Gasteiger partial charge in [0.15, 0.2) is 11.6 Å². The normalized spacial score (nSPS) is 17.4. The van der Waals surface area contributed by atoms with E-state index in [1.807, 2.05) is 25.1 Å². The summed E-state index contributed by atoms with van der Waals surface area (Å²) in [5.74, 6) is -1.23. The Labute approximate surface area is 164 Å². The molecule has 4 nitrogen and oxygen atoms in total. The SMILES string of the molecule is CNC(=O)Nc1cccc(C)c1CN1CCCC(Cc2cccc(F)c2F)C1. The Hall–Kier alpha value is -2.47. The van der Waals surface area contributed by atoms with Gasteiger partial charge >= 0.3 is 6.03 Å². The highest BCUT2D eigenvalue weighted by Crippen LogP contribution is 2.27. The monoisotopic (exact) mass is 387 g/mol. The van der Waals surface area contributed by atoms with Crippen LogP contribution in [-0.4, -0.2) is 31.1 Å². The van der Waals surface area contributed by atoms with E-state index in [-0.39, 0.29) is 11.9 Å². The number of halogens is 2. The van der Waals surface area contributed by atoms with Crippen LogP contribution in [0.25, 0.3) is 0 Å². The van der Waals surface area contributed by atoms with Gasteiger partial charge < -0.3 is 10.6 Å². The quantitative estimate of drug-likeness (QED) is 0.795. The van der Waals surface area contributed by atoms with Crippen LogP contribution in [-0.2, 0) is 13.0 Å². The van der Waals surface area contributed by atoms with Gasteiger partial charge in [-0.25, -0.2) is 13.6 Å². The number of rotatable bonds is 5. The zero-order chi connectivity index (χ0) is 20.1. The van der Waals surface area contributed by atoms with E-state index >= 15 is 0 Å². The number of carbonyl (C=O) groups excluding carboxylic acids is 1. The van der Waals surface area contributed by atoms with Crippen molar-refractivity contribution in [3.8, 4) is 0 Å². The first-order valence-corrected chi connectivity index (χ1v) is 9.70. The molecule has 0 bridgehead atoms. The van der Waals surface area contributed by atoms with E-state index in [4.69, 9.17) is 0 Å². The van der Waals surface area contributed by atoms with Gasteiger partial charge in [-0.15, -0.1) is 0 Å². The first-order chi connectivity index (χ1) is 13.5. The van der Waals surface area contributed by atoms with Gasteiger partial charge in [-0.05, 0) is 67.5 Å². The number of aryl methyl sites for hydroxylation is 1. The summed E-state index contributed by atoms with van der Waals surface area (Å²) in [6.07, 6.45) is 2.56. The maximum atomic E-state index is 14.0. The predicted octanol–water partition coefficient (Wildman–Crippen LogP) is 4.48. The van der Waals surface area contributed by atoms with Crippen molar-refractivity contribution in [1.82, 2.24) is 10.2 Å². The van der Waals surface area contributed by atoms with Crippen LogP contribution in [0.2, 0.25) is 0 Å². The molecule has 1 saturated heterocycles. The number of nitrogens with zero attached hydrogens (tertiary/aromatic N) is 1. The molecule has 0 radical (unpaired) electrons. The molecular formula is C22H27F2N3O. The van der Waals surface area contributed by atoms with Crippen LogP contribution in [0.3, 0.4) is 0 Å². The largest absolute Gasteiger partial charge is 0.341 e. The molecule has 1 aliphatic heterocycles. The van der Waals surface area contributed by atoms with E-state index in [2.05, 4.69) is 15.5 Å². The average molecular weight is 387 g/mol. The summed E-state index contributed by atoms with van der Waals surface area (Å²) in [7, 11) is 1.59. The number of hydrogen-bond acceptors (Lipinski definition) is 2. The fraction of sp³-hybridized carbons (Fsp3) is 0.409. The van der Waals surface area contributed by atoms with Crippen molar-refractivity contribution in [1.29, 1.82) is 0 Å². The van der Waals surface area contributed by atoms with Crippen LogP contribution in [0.4, 0.5) is 19.3 Å². The van der Waals surface area contributed by atoms with Crippen LogP contribution < -0.4 is 10.6 Å². The molecule has 2 aromatic carbocycles. The van der Waals surface area contributed by atoms with E-state index in [1.54, 1.807) is 19.2 Å². The van der Waals surface area contributed by atoms with Crippen molar-refractivity contribution in [3.05, 3.63) is 64.7 Å². The zero-order valence-electron chi connectivity index (χ0n) is 16.4. The second kappa shape index (κ2) is 9.15. The highest BCUT2D eigenvalue weighted by Gasteiger charge is 2.23. The number of urea groups is 1. The van der Waals surface area contributed by atoms with Crippen molar-refractivity contribution in [2.75, 3.05) is 25.5 Å². The molecule has 0 aliphatic carbocycles. The Morgan fingerprint density at radius 3 is 2.79 bits per heavy atom. The van der Waals surface area contributed by atoms with Gasteiger partial charge in [-0.1, -0.05) is 24.3 Å². The number of nitrogens with one attached hydrogen (secondary N) is 2. The molecule has 6 heteroatoms. The number of likely N-dealkylation sites (tertiary alicyclic amines) is 1. The van der Waals surface area contributed by atoms with Gasteiger partial charge in [0.2, 0.25) is 0 Å². The standard InChI is InChI=1S/C22H27F2N3O/c1-15-6-3-10-20(26-22(28)25-2)18(15)14-27-11-5-7-16(13-27)12-17-8-4-9-19(23)21(17)24/h3-4,6,8-10,16H,5,7,11-14H2,1-2H3,(H2,25,26,28). The van der Waals surface area contributed by atoms with Crippen molar-refractivity contribution < 1.29 is 13.6 Å². The predicted molar refractivity (Wildman–Crippen MR) is 107 cm³/mol.